The van der Waals surface area contributed by atoms with Crippen molar-refractivity contribution in [2.45, 2.75) is 25.6 Å². The van der Waals surface area contributed by atoms with Crippen LogP contribution in [0.1, 0.15) is 19.4 Å². The SMILES string of the molecule is C#CC(C)(C)c1ccccc1OC(F)(F)F. The summed E-state index contributed by atoms with van der Waals surface area (Å²) >= 11 is 0. The molecule has 0 unspecified atom stereocenters. The maximum Gasteiger partial charge on any atom is 0.573 e. The summed E-state index contributed by atoms with van der Waals surface area (Å²) in [7, 11) is 0. The van der Waals surface area contributed by atoms with Gasteiger partial charge in [0.1, 0.15) is 5.75 Å². The second kappa shape index (κ2) is 4.09. The van der Waals surface area contributed by atoms with Crippen molar-refractivity contribution in [1.82, 2.24) is 0 Å². The Bertz CT molecular complexity index is 413. The van der Waals surface area contributed by atoms with Crippen LogP contribution in [0.4, 0.5) is 13.2 Å². The molecule has 0 atom stereocenters. The summed E-state index contributed by atoms with van der Waals surface area (Å²) in [6, 6.07) is 5.87. The quantitative estimate of drug-likeness (QED) is 0.704. The standard InChI is InChI=1S/C12H11F3O/c1-4-11(2,3)9-7-5-6-8-10(9)16-12(13,14)15/h1,5-8H,2-3H3. The van der Waals surface area contributed by atoms with E-state index >= 15 is 0 Å². The van der Waals surface area contributed by atoms with Crippen LogP contribution in [0.3, 0.4) is 0 Å². The van der Waals surface area contributed by atoms with Crippen LogP contribution in [-0.4, -0.2) is 6.36 Å². The number of hydrogen-bond donors (Lipinski definition) is 0. The molecule has 0 aliphatic heterocycles. The third-order valence-corrected chi connectivity index (χ3v) is 2.15. The van der Waals surface area contributed by atoms with Gasteiger partial charge in [0.25, 0.3) is 0 Å². The van der Waals surface area contributed by atoms with Crippen LogP contribution >= 0.6 is 0 Å². The van der Waals surface area contributed by atoms with E-state index < -0.39 is 11.8 Å². The number of halogens is 3. The molecule has 0 saturated heterocycles. The lowest BCUT2D eigenvalue weighted by Gasteiger charge is -2.22. The Kier molecular flexibility index (Phi) is 3.18. The summed E-state index contributed by atoms with van der Waals surface area (Å²) in [4.78, 5) is 0. The summed E-state index contributed by atoms with van der Waals surface area (Å²) in [6.45, 7) is 3.32. The molecule has 0 N–H and O–H groups in total. The maximum atomic E-state index is 12.1. The maximum absolute atomic E-state index is 12.1. The summed E-state index contributed by atoms with van der Waals surface area (Å²) in [5.41, 5.74) is -0.461. The Morgan fingerprint density at radius 1 is 1.19 bits per heavy atom. The fourth-order valence-electron chi connectivity index (χ4n) is 1.27. The van der Waals surface area contributed by atoms with E-state index in [4.69, 9.17) is 6.42 Å². The third kappa shape index (κ3) is 2.93. The first kappa shape index (κ1) is 12.4. The van der Waals surface area contributed by atoms with Gasteiger partial charge in [-0.2, -0.15) is 0 Å². The second-order valence-electron chi connectivity index (χ2n) is 3.81. The molecule has 0 aliphatic rings. The zero-order valence-corrected chi connectivity index (χ0v) is 8.93. The lowest BCUT2D eigenvalue weighted by Crippen LogP contribution is -2.22. The minimum atomic E-state index is -4.71. The molecule has 1 aromatic carbocycles. The molecule has 0 fully saturated rings. The van der Waals surface area contributed by atoms with Crippen LogP contribution in [0, 0.1) is 12.3 Å². The molecule has 1 aromatic rings. The zero-order valence-electron chi connectivity index (χ0n) is 8.93. The Morgan fingerprint density at radius 3 is 2.25 bits per heavy atom. The van der Waals surface area contributed by atoms with Gasteiger partial charge < -0.3 is 4.74 Å². The van der Waals surface area contributed by atoms with Crippen molar-refractivity contribution >= 4 is 0 Å². The molecule has 16 heavy (non-hydrogen) atoms. The molecule has 0 bridgehead atoms. The van der Waals surface area contributed by atoms with Gasteiger partial charge in [0, 0.05) is 5.56 Å². The third-order valence-electron chi connectivity index (χ3n) is 2.15. The topological polar surface area (TPSA) is 9.23 Å². The zero-order chi connectivity index (χ0) is 12.4. The summed E-state index contributed by atoms with van der Waals surface area (Å²) in [5.74, 6) is 2.18. The fourth-order valence-corrected chi connectivity index (χ4v) is 1.27. The monoisotopic (exact) mass is 228 g/mol. The summed E-state index contributed by atoms with van der Waals surface area (Å²) in [6.07, 6.45) is 0.577. The van der Waals surface area contributed by atoms with Crippen molar-refractivity contribution in [3.63, 3.8) is 0 Å². The van der Waals surface area contributed by atoms with Crippen molar-refractivity contribution in [3.05, 3.63) is 29.8 Å². The van der Waals surface area contributed by atoms with Crippen molar-refractivity contribution in [2.24, 2.45) is 0 Å². The average Bonchev–Trinajstić information content (AvgIpc) is 2.16. The number of rotatable bonds is 2. The first-order chi connectivity index (χ1) is 7.26. The summed E-state index contributed by atoms with van der Waals surface area (Å²) < 4.78 is 40.3. The minimum Gasteiger partial charge on any atom is -0.405 e. The molecule has 0 saturated carbocycles. The van der Waals surface area contributed by atoms with Crippen molar-refractivity contribution in [1.29, 1.82) is 0 Å². The van der Waals surface area contributed by atoms with Crippen molar-refractivity contribution < 1.29 is 17.9 Å². The van der Waals surface area contributed by atoms with Crippen LogP contribution in [0.5, 0.6) is 5.75 Å². The molecule has 86 valence electrons. The largest absolute Gasteiger partial charge is 0.573 e. The Labute approximate surface area is 92.2 Å². The van der Waals surface area contributed by atoms with Crippen LogP contribution < -0.4 is 4.74 Å². The minimum absolute atomic E-state index is 0.252. The first-order valence-corrected chi connectivity index (χ1v) is 4.59. The van der Waals surface area contributed by atoms with Gasteiger partial charge >= 0.3 is 6.36 Å². The number of benzene rings is 1. The smallest absolute Gasteiger partial charge is 0.405 e. The van der Waals surface area contributed by atoms with Gasteiger partial charge in [-0.1, -0.05) is 24.1 Å². The molecule has 0 aromatic heterocycles. The van der Waals surface area contributed by atoms with Crippen molar-refractivity contribution in [2.75, 3.05) is 0 Å². The highest BCUT2D eigenvalue weighted by atomic mass is 19.4. The second-order valence-corrected chi connectivity index (χ2v) is 3.81. The first-order valence-electron chi connectivity index (χ1n) is 4.59. The molecule has 0 amide bonds. The molecule has 4 heteroatoms. The lowest BCUT2D eigenvalue weighted by atomic mass is 9.85. The molecule has 1 rings (SSSR count). The predicted molar refractivity (Wildman–Crippen MR) is 55.0 cm³/mol. The van der Waals surface area contributed by atoms with E-state index in [0.29, 0.717) is 5.56 Å². The van der Waals surface area contributed by atoms with Crippen molar-refractivity contribution in [3.8, 4) is 18.1 Å². The Balaban J connectivity index is 3.17. The number of terminal acetylenes is 1. The van der Waals surface area contributed by atoms with E-state index in [1.165, 1.54) is 18.2 Å². The molecule has 0 aliphatic carbocycles. The summed E-state index contributed by atoms with van der Waals surface area (Å²) in [5, 5.41) is 0. The van der Waals surface area contributed by atoms with Gasteiger partial charge in [-0.15, -0.1) is 19.6 Å². The van der Waals surface area contributed by atoms with E-state index in [1.807, 2.05) is 0 Å². The molecule has 0 spiro atoms. The van der Waals surface area contributed by atoms with Crippen LogP contribution in [0.25, 0.3) is 0 Å². The average molecular weight is 228 g/mol. The highest BCUT2D eigenvalue weighted by Crippen LogP contribution is 2.34. The normalized spacial score (nSPS) is 12.0. The molecule has 0 heterocycles. The Morgan fingerprint density at radius 2 is 1.75 bits per heavy atom. The molecule has 0 radical (unpaired) electrons. The van der Waals surface area contributed by atoms with Gasteiger partial charge in [0.2, 0.25) is 0 Å². The number of ether oxygens (including phenoxy) is 1. The van der Waals surface area contributed by atoms with Gasteiger partial charge in [-0.25, -0.2) is 0 Å². The fraction of sp³-hybridized carbons (Fsp3) is 0.333. The van der Waals surface area contributed by atoms with E-state index in [2.05, 4.69) is 10.7 Å². The predicted octanol–water partition coefficient (Wildman–Crippen LogP) is 3.50. The van der Waals surface area contributed by atoms with E-state index in [1.54, 1.807) is 19.9 Å². The van der Waals surface area contributed by atoms with E-state index in [9.17, 15) is 13.2 Å². The van der Waals surface area contributed by atoms with Crippen LogP contribution in [-0.2, 0) is 5.41 Å². The van der Waals surface area contributed by atoms with Gasteiger partial charge in [0.15, 0.2) is 0 Å². The number of para-hydroxylation sites is 1. The lowest BCUT2D eigenvalue weighted by molar-refractivity contribution is -0.275. The Hall–Kier alpha value is -1.63. The van der Waals surface area contributed by atoms with Crippen LogP contribution in [0.2, 0.25) is 0 Å². The highest BCUT2D eigenvalue weighted by Gasteiger charge is 2.33. The van der Waals surface area contributed by atoms with E-state index in [-0.39, 0.29) is 5.75 Å². The molecular formula is C12H11F3O. The van der Waals surface area contributed by atoms with Gasteiger partial charge in [-0.05, 0) is 19.9 Å². The van der Waals surface area contributed by atoms with Gasteiger partial charge in [0.05, 0.1) is 5.41 Å². The molecular weight excluding hydrogens is 217 g/mol. The highest BCUT2D eigenvalue weighted by molar-refractivity contribution is 5.43. The number of alkyl halides is 3. The van der Waals surface area contributed by atoms with Crippen LogP contribution in [0.15, 0.2) is 24.3 Å². The van der Waals surface area contributed by atoms with Gasteiger partial charge in [-0.3, -0.25) is 0 Å². The number of hydrogen-bond acceptors (Lipinski definition) is 1. The molecule has 1 nitrogen and oxygen atoms in total. The van der Waals surface area contributed by atoms with E-state index in [0.717, 1.165) is 0 Å².